The van der Waals surface area contributed by atoms with Crippen LogP contribution in [0.25, 0.3) is 0 Å². The Balaban J connectivity index is 5.44. The molecule has 0 aromatic heterocycles. The number of aliphatic hydroxyl groups excluding tert-OH is 1. The molecule has 0 aromatic carbocycles. The van der Waals surface area contributed by atoms with E-state index in [0.29, 0.717) is 32.1 Å². The van der Waals surface area contributed by atoms with Crippen molar-refractivity contribution in [2.75, 3.05) is 39.6 Å². The van der Waals surface area contributed by atoms with Crippen molar-refractivity contribution in [3.8, 4) is 0 Å². The smallest absolute Gasteiger partial charge is 0.462 e. The zero-order valence-electron chi connectivity index (χ0n) is 65.4. The first kappa shape index (κ1) is 99.5. The van der Waals surface area contributed by atoms with Gasteiger partial charge in [0.05, 0.1) is 26.4 Å². The van der Waals surface area contributed by atoms with Crippen LogP contribution in [-0.2, 0) is 65.4 Å². The minimum absolute atomic E-state index is 0.0356. The van der Waals surface area contributed by atoms with Gasteiger partial charge in [-0.3, -0.25) is 37.3 Å². The summed E-state index contributed by atoms with van der Waals surface area (Å²) in [6.45, 7) is 4.69. The Kier molecular flexibility index (Phi) is 73.3. The summed E-state index contributed by atoms with van der Waals surface area (Å²) in [5.41, 5.74) is 0. The number of allylic oxidation sites excluding steroid dienone is 20. The number of esters is 4. The molecule has 3 N–H and O–H groups in total. The molecule has 0 aliphatic heterocycles. The van der Waals surface area contributed by atoms with Crippen LogP contribution in [0.2, 0.25) is 0 Å². The quantitative estimate of drug-likeness (QED) is 0.0169. The molecule has 0 aliphatic rings. The van der Waals surface area contributed by atoms with Gasteiger partial charge in [-0.15, -0.1) is 0 Å². The van der Waals surface area contributed by atoms with E-state index in [1.165, 1.54) is 83.5 Å². The van der Waals surface area contributed by atoms with Crippen molar-refractivity contribution in [1.29, 1.82) is 0 Å². The summed E-state index contributed by atoms with van der Waals surface area (Å²) < 4.78 is 68.6. The Morgan fingerprint density at radius 2 is 0.490 bits per heavy atom. The molecule has 0 amide bonds. The fraction of sp³-hybridized carbons (Fsp3) is 0.718. The summed E-state index contributed by atoms with van der Waals surface area (Å²) in [5, 5.41) is 10.6. The van der Waals surface area contributed by atoms with E-state index in [-0.39, 0.29) is 25.7 Å². The number of unbranched alkanes of at least 4 members (excludes halogenated alkanes) is 30. The molecular formula is C85H146O17P2. The minimum atomic E-state index is -5.00. The Hall–Kier alpha value is -4.54. The topological polar surface area (TPSA) is 237 Å². The Bertz CT molecular complexity index is 2440. The van der Waals surface area contributed by atoms with Gasteiger partial charge >= 0.3 is 39.5 Å². The zero-order valence-corrected chi connectivity index (χ0v) is 67.2. The first-order valence-electron chi connectivity index (χ1n) is 40.8. The van der Waals surface area contributed by atoms with E-state index in [9.17, 15) is 43.2 Å². The number of rotatable bonds is 76. The Labute approximate surface area is 632 Å². The molecule has 104 heavy (non-hydrogen) atoms. The van der Waals surface area contributed by atoms with Crippen LogP contribution in [0.15, 0.2) is 122 Å². The van der Waals surface area contributed by atoms with Gasteiger partial charge in [0.1, 0.15) is 19.3 Å². The van der Waals surface area contributed by atoms with Gasteiger partial charge in [0.15, 0.2) is 12.2 Å². The lowest BCUT2D eigenvalue weighted by atomic mass is 10.1. The lowest BCUT2D eigenvalue weighted by Crippen LogP contribution is -2.30. The number of ether oxygens (including phenoxy) is 4. The molecule has 0 radical (unpaired) electrons. The fourth-order valence-electron chi connectivity index (χ4n) is 10.6. The van der Waals surface area contributed by atoms with Gasteiger partial charge in [0.25, 0.3) is 0 Å². The second-order valence-electron chi connectivity index (χ2n) is 27.0. The molecule has 0 saturated carbocycles. The summed E-state index contributed by atoms with van der Waals surface area (Å²) in [5.74, 6) is -2.30. The van der Waals surface area contributed by atoms with E-state index in [0.717, 1.165) is 167 Å². The molecule has 0 rings (SSSR count). The van der Waals surface area contributed by atoms with E-state index in [4.69, 9.17) is 37.0 Å². The molecule has 0 saturated heterocycles. The van der Waals surface area contributed by atoms with Crippen molar-refractivity contribution < 1.29 is 80.2 Å². The van der Waals surface area contributed by atoms with Crippen LogP contribution in [0.3, 0.4) is 0 Å². The second kappa shape index (κ2) is 76.6. The van der Waals surface area contributed by atoms with Gasteiger partial charge in [0, 0.05) is 25.7 Å². The van der Waals surface area contributed by atoms with Crippen LogP contribution in [0.5, 0.6) is 0 Å². The molecule has 598 valence electrons. The largest absolute Gasteiger partial charge is 0.472 e. The van der Waals surface area contributed by atoms with E-state index >= 15 is 0 Å². The van der Waals surface area contributed by atoms with E-state index in [1.54, 1.807) is 0 Å². The first-order chi connectivity index (χ1) is 50.7. The van der Waals surface area contributed by atoms with Crippen LogP contribution >= 0.6 is 15.6 Å². The molecule has 0 aliphatic carbocycles. The summed E-state index contributed by atoms with van der Waals surface area (Å²) >= 11 is 0. The number of phosphoric ester groups is 2. The average Bonchev–Trinajstić information content (AvgIpc) is 0.918. The van der Waals surface area contributed by atoms with Crippen molar-refractivity contribution in [2.45, 2.75) is 354 Å². The van der Waals surface area contributed by atoms with Crippen LogP contribution in [0.1, 0.15) is 336 Å². The number of hydrogen-bond acceptors (Lipinski definition) is 15. The predicted molar refractivity (Wildman–Crippen MR) is 427 cm³/mol. The molecule has 5 atom stereocenters. The summed E-state index contributed by atoms with van der Waals surface area (Å²) in [6.07, 6.45) is 84.7. The number of phosphoric acid groups is 2. The van der Waals surface area contributed by atoms with Crippen molar-refractivity contribution in [1.82, 2.24) is 0 Å². The molecule has 19 heteroatoms. The maximum absolute atomic E-state index is 13.1. The molecule has 0 fully saturated rings. The molecule has 0 bridgehead atoms. The van der Waals surface area contributed by atoms with Crippen LogP contribution < -0.4 is 0 Å². The van der Waals surface area contributed by atoms with Crippen molar-refractivity contribution in [3.63, 3.8) is 0 Å². The summed E-state index contributed by atoms with van der Waals surface area (Å²) in [6, 6.07) is 0. The Morgan fingerprint density at radius 1 is 0.269 bits per heavy atom. The van der Waals surface area contributed by atoms with Crippen molar-refractivity contribution in [2.24, 2.45) is 0 Å². The lowest BCUT2D eigenvalue weighted by molar-refractivity contribution is -0.161. The molecule has 0 aromatic rings. The zero-order chi connectivity index (χ0) is 76.0. The van der Waals surface area contributed by atoms with Gasteiger partial charge < -0.3 is 33.8 Å². The monoisotopic (exact) mass is 1500 g/mol. The summed E-state index contributed by atoms with van der Waals surface area (Å²) in [7, 11) is -9.99. The molecule has 0 heterocycles. The number of hydrogen-bond donors (Lipinski definition) is 3. The Morgan fingerprint density at radius 3 is 0.808 bits per heavy atom. The number of carbonyl (C=O) groups is 4. The highest BCUT2D eigenvalue weighted by atomic mass is 31.2. The second-order valence-corrected chi connectivity index (χ2v) is 29.9. The van der Waals surface area contributed by atoms with Crippen molar-refractivity contribution in [3.05, 3.63) is 122 Å². The van der Waals surface area contributed by atoms with E-state index in [2.05, 4.69) is 137 Å². The predicted octanol–water partition coefficient (Wildman–Crippen LogP) is 23.9. The van der Waals surface area contributed by atoms with Crippen molar-refractivity contribution >= 4 is 39.5 Å². The highest BCUT2D eigenvalue weighted by molar-refractivity contribution is 7.47. The van der Waals surface area contributed by atoms with Crippen LogP contribution in [0, 0.1) is 0 Å². The van der Waals surface area contributed by atoms with Crippen LogP contribution in [-0.4, -0.2) is 96.7 Å². The van der Waals surface area contributed by atoms with Gasteiger partial charge in [0.2, 0.25) is 0 Å². The van der Waals surface area contributed by atoms with E-state index < -0.39 is 97.5 Å². The average molecular weight is 1500 g/mol. The maximum atomic E-state index is 13.1. The number of aliphatic hydroxyl groups is 1. The SMILES string of the molecule is CCCCC/C=C\C/C=C\C/C=C\C/C=C\C/C=C\CCC(=O)OC[C@H](COP(=O)(O)OC[C@@H](O)COP(=O)(O)OC[C@@H](COC(=O)CCCCCCC/C=C\C/C=C\CCCCC)OC(=O)CCCCCCC/C=C\C/C=C\CCCCC)OC(=O)CCCCCCCCC/C=C\CCCCCC. The molecule has 0 spiro atoms. The molecule has 2 unspecified atom stereocenters. The third-order valence-corrected chi connectivity index (χ3v) is 18.8. The van der Waals surface area contributed by atoms with Gasteiger partial charge in [-0.25, -0.2) is 9.13 Å². The highest BCUT2D eigenvalue weighted by Crippen LogP contribution is 2.45. The normalized spacial score (nSPS) is 14.5. The standard InChI is InChI=1S/C85H146O17P2/c1-5-9-13-17-21-25-29-33-37-38-39-40-44-46-50-54-58-62-66-70-83(88)96-76-81(102-85(90)72-68-64-60-56-52-48-43-36-32-28-24-20-16-12-8-4)78-100-104(93,94)98-74-79(86)73-97-103(91,92)99-77-80(101-84(89)71-67-63-59-55-51-47-42-35-31-27-23-19-15-11-7-3)75-95-82(87)69-65-61-57-53-49-45-41-34-30-26-22-18-14-10-6-2/h21-23,25-28,32-35,37,39-42,46,50,58,62,79-81,86H,5-20,24,29-31,36,38,43-45,47-49,51-57,59-61,63-78H2,1-4H3,(H,91,92)(H,93,94)/b25-21-,26-22-,27-23-,32-28-,37-33-,40-39-,41-34-,42-35-,50-46-,62-58-/t79-,80+,81+/m0/s1. The number of carbonyl (C=O) groups excluding carboxylic acids is 4. The minimum Gasteiger partial charge on any atom is -0.462 e. The maximum Gasteiger partial charge on any atom is 0.472 e. The first-order valence-corrected chi connectivity index (χ1v) is 43.8. The van der Waals surface area contributed by atoms with Gasteiger partial charge in [-0.1, -0.05) is 278 Å². The molecule has 17 nitrogen and oxygen atoms in total. The third-order valence-electron chi connectivity index (χ3n) is 16.9. The molecular weight excluding hydrogens is 1350 g/mol. The van der Waals surface area contributed by atoms with Gasteiger partial charge in [-0.05, 0) is 154 Å². The third kappa shape index (κ3) is 75.7. The van der Waals surface area contributed by atoms with Gasteiger partial charge in [-0.2, -0.15) is 0 Å². The van der Waals surface area contributed by atoms with Crippen LogP contribution in [0.4, 0.5) is 0 Å². The lowest BCUT2D eigenvalue weighted by Gasteiger charge is -2.21. The van der Waals surface area contributed by atoms with E-state index in [1.807, 2.05) is 12.2 Å². The highest BCUT2D eigenvalue weighted by Gasteiger charge is 2.30. The summed E-state index contributed by atoms with van der Waals surface area (Å²) in [4.78, 5) is 73.0. The fourth-order valence-corrected chi connectivity index (χ4v) is 12.2.